The molecule has 4 saturated carbocycles. The Morgan fingerprint density at radius 1 is 0.727 bits per heavy atom. The third kappa shape index (κ3) is 1.29. The van der Waals surface area contributed by atoms with Crippen LogP contribution in [0.4, 0.5) is 0 Å². The van der Waals surface area contributed by atoms with E-state index in [1.807, 2.05) is 5.19 Å². The van der Waals surface area contributed by atoms with Gasteiger partial charge in [0, 0.05) is 0 Å². The summed E-state index contributed by atoms with van der Waals surface area (Å²) in [4.78, 5) is 0. The normalized spacial score (nSPS) is 57.3. The van der Waals surface area contributed by atoms with Crippen molar-refractivity contribution in [3.63, 3.8) is 0 Å². The van der Waals surface area contributed by atoms with E-state index in [9.17, 15) is 0 Å². The number of benzene rings is 1. The maximum absolute atomic E-state index is 2.84. The molecule has 0 N–H and O–H groups in total. The Morgan fingerprint density at radius 2 is 1.23 bits per heavy atom. The first-order valence-electron chi connectivity index (χ1n) is 9.84. The van der Waals surface area contributed by atoms with Crippen LogP contribution < -0.4 is 5.19 Å². The van der Waals surface area contributed by atoms with E-state index in [0.717, 1.165) is 46.6 Å². The van der Waals surface area contributed by atoms with Crippen LogP contribution >= 0.6 is 0 Å². The van der Waals surface area contributed by atoms with Crippen LogP contribution in [0, 0.1) is 35.5 Å². The summed E-state index contributed by atoms with van der Waals surface area (Å²) in [6, 6.07) is 12.0. The minimum absolute atomic E-state index is 1.12. The fraction of sp³-hybridized carbons (Fsp3) is 0.714. The van der Waals surface area contributed by atoms with Crippen molar-refractivity contribution in [2.45, 2.75) is 56.2 Å². The van der Waals surface area contributed by atoms with Crippen molar-refractivity contribution < 1.29 is 0 Å². The van der Waals surface area contributed by atoms with Crippen LogP contribution in [0.2, 0.25) is 17.6 Å². The molecule has 0 aromatic heterocycles. The van der Waals surface area contributed by atoms with Gasteiger partial charge >= 0.3 is 0 Å². The van der Waals surface area contributed by atoms with Crippen LogP contribution in [-0.2, 0) is 0 Å². The minimum Gasteiger partial charge on any atom is -0.0648 e. The molecule has 1 saturated heterocycles. The van der Waals surface area contributed by atoms with Gasteiger partial charge in [-0.25, -0.2) is 0 Å². The van der Waals surface area contributed by atoms with Gasteiger partial charge in [-0.15, -0.1) is 0 Å². The van der Waals surface area contributed by atoms with Gasteiger partial charge < -0.3 is 0 Å². The van der Waals surface area contributed by atoms with Crippen molar-refractivity contribution in [2.24, 2.45) is 35.5 Å². The highest BCUT2D eigenvalue weighted by Crippen LogP contribution is 2.77. The van der Waals surface area contributed by atoms with Crippen molar-refractivity contribution in [3.8, 4) is 0 Å². The summed E-state index contributed by atoms with van der Waals surface area (Å²) in [6.45, 7) is 2.84. The van der Waals surface area contributed by atoms with E-state index in [1.165, 1.54) is 0 Å². The topological polar surface area (TPSA) is 0 Å². The van der Waals surface area contributed by atoms with Crippen molar-refractivity contribution in [1.29, 1.82) is 0 Å². The molecule has 8 atom stereocenters. The summed E-state index contributed by atoms with van der Waals surface area (Å²) in [7, 11) is -1.33. The highest BCUT2D eigenvalue weighted by Gasteiger charge is 2.72. The molecule has 0 spiro atoms. The molecule has 1 heterocycles. The predicted molar refractivity (Wildman–Crippen MR) is 93.8 cm³/mol. The molecule has 4 bridgehead atoms. The van der Waals surface area contributed by atoms with Gasteiger partial charge in [0.25, 0.3) is 0 Å². The molecule has 116 valence electrons. The third-order valence-electron chi connectivity index (χ3n) is 9.19. The second-order valence-corrected chi connectivity index (χ2v) is 14.0. The molecule has 4 aliphatic carbocycles. The second kappa shape index (κ2) is 4.09. The average Bonchev–Trinajstić information content (AvgIpc) is 3.33. The molecule has 1 aliphatic heterocycles. The van der Waals surface area contributed by atoms with Gasteiger partial charge in [0.1, 0.15) is 0 Å². The summed E-state index contributed by atoms with van der Waals surface area (Å²) < 4.78 is 0. The lowest BCUT2D eigenvalue weighted by atomic mass is 9.72. The molecule has 1 aromatic rings. The number of fused-ring (bicyclic) bond motifs is 11. The van der Waals surface area contributed by atoms with E-state index >= 15 is 0 Å². The van der Waals surface area contributed by atoms with Crippen molar-refractivity contribution in [3.05, 3.63) is 30.3 Å². The van der Waals surface area contributed by atoms with Gasteiger partial charge in [-0.05, 0) is 72.3 Å². The van der Waals surface area contributed by atoms with Crippen LogP contribution in [0.3, 0.4) is 0 Å². The first-order chi connectivity index (χ1) is 10.8. The molecular weight excluding hydrogens is 280 g/mol. The lowest BCUT2D eigenvalue weighted by Gasteiger charge is -2.41. The maximum atomic E-state index is 2.84. The Labute approximate surface area is 135 Å². The monoisotopic (exact) mass is 308 g/mol. The molecule has 0 amide bonds. The van der Waals surface area contributed by atoms with Gasteiger partial charge in [0.05, 0.1) is 8.07 Å². The molecule has 0 unspecified atom stereocenters. The first-order valence-corrected chi connectivity index (χ1v) is 12.5. The van der Waals surface area contributed by atoms with E-state index in [-0.39, 0.29) is 0 Å². The van der Waals surface area contributed by atoms with Gasteiger partial charge in [0.15, 0.2) is 0 Å². The van der Waals surface area contributed by atoms with E-state index in [0.29, 0.717) is 0 Å². The fourth-order valence-electron chi connectivity index (χ4n) is 8.96. The van der Waals surface area contributed by atoms with Crippen molar-refractivity contribution >= 4 is 13.3 Å². The SMILES string of the molecule is C[Si]1(c2ccccc2)[C@@H]2[C@H]3CC[C@H](C3)[C@@H]2[C@H]2[C@@H]3CC[C@@H](C3)[C@H]21. The van der Waals surface area contributed by atoms with Gasteiger partial charge in [-0.1, -0.05) is 54.9 Å². The zero-order chi connectivity index (χ0) is 14.5. The van der Waals surface area contributed by atoms with Crippen LogP contribution in [0.25, 0.3) is 0 Å². The summed E-state index contributed by atoms with van der Waals surface area (Å²) in [6.07, 6.45) is 9.57. The lowest BCUT2D eigenvalue weighted by Crippen LogP contribution is -2.52. The standard InChI is InChI=1S/C21H28Si/c1-22(17-5-3-2-4-6-17)20-15-9-7-13(11-15)18(20)19-14-8-10-16(12-14)21(19)22/h2-6,13-16,18-21H,7-12H2,1H3/t13-,14-,15+,16+,18-,19-,20-,21-/m1/s1. The Morgan fingerprint density at radius 3 is 1.77 bits per heavy atom. The van der Waals surface area contributed by atoms with Gasteiger partial charge in [0.2, 0.25) is 0 Å². The molecule has 22 heavy (non-hydrogen) atoms. The third-order valence-corrected chi connectivity index (χ3v) is 15.2. The summed E-state index contributed by atoms with van der Waals surface area (Å²) in [5.74, 6) is 6.85. The fourth-order valence-corrected chi connectivity index (χ4v) is 16.2. The van der Waals surface area contributed by atoms with E-state index in [2.05, 4.69) is 36.9 Å². The lowest BCUT2D eigenvalue weighted by molar-refractivity contribution is 0.188. The Bertz CT molecular complexity index is 576. The molecule has 1 aromatic carbocycles. The zero-order valence-corrected chi connectivity index (χ0v) is 14.7. The largest absolute Gasteiger partial charge is 0.0909 e. The predicted octanol–water partition coefficient (Wildman–Crippen LogP) is 4.82. The van der Waals surface area contributed by atoms with Crippen LogP contribution in [-0.4, -0.2) is 8.07 Å². The molecule has 5 fully saturated rings. The Hall–Kier alpha value is -0.563. The number of hydrogen-bond donors (Lipinski definition) is 0. The maximum Gasteiger partial charge on any atom is 0.0909 e. The second-order valence-electron chi connectivity index (χ2n) is 9.52. The van der Waals surface area contributed by atoms with Crippen molar-refractivity contribution in [1.82, 2.24) is 0 Å². The first kappa shape index (κ1) is 12.8. The molecule has 0 radical (unpaired) electrons. The summed E-state index contributed by atoms with van der Waals surface area (Å²) >= 11 is 0. The average molecular weight is 309 g/mol. The van der Waals surface area contributed by atoms with Crippen LogP contribution in [0.15, 0.2) is 30.3 Å². The summed E-state index contributed by atoms with van der Waals surface area (Å²) in [5, 5.41) is 1.83. The molecule has 0 nitrogen and oxygen atoms in total. The zero-order valence-electron chi connectivity index (χ0n) is 13.7. The molecule has 6 rings (SSSR count). The summed E-state index contributed by atoms with van der Waals surface area (Å²) in [5.41, 5.74) is 2.32. The molecule has 5 aliphatic rings. The van der Waals surface area contributed by atoms with E-state index in [1.54, 1.807) is 38.5 Å². The highest BCUT2D eigenvalue weighted by atomic mass is 28.3. The van der Waals surface area contributed by atoms with Crippen LogP contribution in [0.5, 0.6) is 0 Å². The van der Waals surface area contributed by atoms with Gasteiger partial charge in [-0.2, -0.15) is 0 Å². The Kier molecular flexibility index (Phi) is 2.38. The quantitative estimate of drug-likeness (QED) is 0.653. The number of hydrogen-bond acceptors (Lipinski definition) is 0. The van der Waals surface area contributed by atoms with Gasteiger partial charge in [-0.3, -0.25) is 0 Å². The highest BCUT2D eigenvalue weighted by molar-refractivity contribution is 6.94. The molecule has 1 heteroatoms. The smallest absolute Gasteiger partial charge is 0.0648 e. The molecular formula is C21H28Si. The number of rotatable bonds is 1. The van der Waals surface area contributed by atoms with Crippen LogP contribution in [0.1, 0.15) is 38.5 Å². The Balaban J connectivity index is 1.55. The van der Waals surface area contributed by atoms with E-state index < -0.39 is 8.07 Å². The van der Waals surface area contributed by atoms with Crippen molar-refractivity contribution in [2.75, 3.05) is 0 Å². The van der Waals surface area contributed by atoms with E-state index in [4.69, 9.17) is 0 Å². The minimum atomic E-state index is -1.33.